The van der Waals surface area contributed by atoms with E-state index in [1.54, 1.807) is 0 Å². The summed E-state index contributed by atoms with van der Waals surface area (Å²) in [6.45, 7) is 1.13. The Kier molecular flexibility index (Phi) is 3.72. The molecule has 1 aromatic carbocycles. The van der Waals surface area contributed by atoms with E-state index in [1.807, 2.05) is 12.1 Å². The lowest BCUT2D eigenvalue weighted by Gasteiger charge is -2.40. The highest BCUT2D eigenvalue weighted by Gasteiger charge is 2.36. The minimum Gasteiger partial charge on any atom is -0.367 e. The van der Waals surface area contributed by atoms with Gasteiger partial charge in [0.1, 0.15) is 0 Å². The van der Waals surface area contributed by atoms with Crippen LogP contribution in [0.5, 0.6) is 0 Å². The van der Waals surface area contributed by atoms with Gasteiger partial charge in [0.25, 0.3) is 0 Å². The van der Waals surface area contributed by atoms with Gasteiger partial charge in [0.2, 0.25) is 0 Å². The highest BCUT2D eigenvalue weighted by molar-refractivity contribution is 6.33. The fraction of sp³-hybridized carbons (Fsp3) is 0.600. The molecule has 98 valence electrons. The largest absolute Gasteiger partial charge is 0.367 e. The van der Waals surface area contributed by atoms with E-state index in [9.17, 15) is 0 Å². The molecule has 2 atom stereocenters. The maximum atomic E-state index is 6.43. The van der Waals surface area contributed by atoms with Gasteiger partial charge in [0.15, 0.2) is 0 Å². The molecule has 3 rings (SSSR count). The molecule has 1 aliphatic carbocycles. The number of nitrogens with zero attached hydrogens (tertiary/aromatic N) is 1. The van der Waals surface area contributed by atoms with Crippen molar-refractivity contribution in [2.45, 2.75) is 44.0 Å². The third-order valence-electron chi connectivity index (χ3n) is 4.49. The molecule has 0 aromatic heterocycles. The molecule has 1 saturated heterocycles. The van der Waals surface area contributed by atoms with Crippen molar-refractivity contribution in [2.75, 3.05) is 11.4 Å². The Hall–Kier alpha value is -0.400. The monoisotopic (exact) mass is 283 g/mol. The van der Waals surface area contributed by atoms with E-state index in [1.165, 1.54) is 43.4 Å². The number of halogens is 2. The van der Waals surface area contributed by atoms with Crippen molar-refractivity contribution >= 4 is 28.9 Å². The third-order valence-corrected chi connectivity index (χ3v) is 5.09. The van der Waals surface area contributed by atoms with Gasteiger partial charge in [-0.15, -0.1) is 11.6 Å². The molecule has 2 fully saturated rings. The lowest BCUT2D eigenvalue weighted by Crippen LogP contribution is -2.43. The molecule has 18 heavy (non-hydrogen) atoms. The highest BCUT2D eigenvalue weighted by atomic mass is 35.5. The summed E-state index contributed by atoms with van der Waals surface area (Å²) in [5.41, 5.74) is 2.38. The second-order valence-electron chi connectivity index (χ2n) is 5.48. The lowest BCUT2D eigenvalue weighted by molar-refractivity contribution is 0.362. The first-order valence-electron chi connectivity index (χ1n) is 6.91. The number of fused-ring (bicyclic) bond motifs is 1. The summed E-state index contributed by atoms with van der Waals surface area (Å²) in [4.78, 5) is 2.54. The van der Waals surface area contributed by atoms with Crippen LogP contribution < -0.4 is 4.90 Å². The van der Waals surface area contributed by atoms with Crippen LogP contribution in [-0.2, 0) is 5.88 Å². The van der Waals surface area contributed by atoms with Crippen molar-refractivity contribution in [1.82, 2.24) is 0 Å². The quantitative estimate of drug-likeness (QED) is 0.702. The number of benzene rings is 1. The van der Waals surface area contributed by atoms with Gasteiger partial charge in [-0.2, -0.15) is 0 Å². The van der Waals surface area contributed by atoms with Gasteiger partial charge in [-0.05, 0) is 43.2 Å². The van der Waals surface area contributed by atoms with Crippen molar-refractivity contribution in [3.05, 3.63) is 28.8 Å². The van der Waals surface area contributed by atoms with Crippen LogP contribution in [0.4, 0.5) is 5.69 Å². The van der Waals surface area contributed by atoms with Gasteiger partial charge in [0, 0.05) is 18.5 Å². The molecule has 0 bridgehead atoms. The second kappa shape index (κ2) is 5.30. The molecular formula is C15H19Cl2N. The van der Waals surface area contributed by atoms with Crippen LogP contribution in [0.25, 0.3) is 0 Å². The SMILES string of the molecule is ClCc1cccc(Cl)c1N1CCCC2CCCC21. The smallest absolute Gasteiger partial charge is 0.0642 e. The number of hydrogen-bond donors (Lipinski definition) is 0. The Bertz CT molecular complexity index is 433. The topological polar surface area (TPSA) is 3.24 Å². The second-order valence-corrected chi connectivity index (χ2v) is 6.15. The van der Waals surface area contributed by atoms with E-state index in [0.29, 0.717) is 11.9 Å². The van der Waals surface area contributed by atoms with E-state index in [4.69, 9.17) is 23.2 Å². The summed E-state index contributed by atoms with van der Waals surface area (Å²) in [5.74, 6) is 1.42. The molecule has 1 aromatic rings. The maximum absolute atomic E-state index is 6.43. The summed E-state index contributed by atoms with van der Waals surface area (Å²) in [5, 5.41) is 0.862. The minimum atomic E-state index is 0.545. The van der Waals surface area contributed by atoms with Crippen molar-refractivity contribution in [3.63, 3.8) is 0 Å². The first kappa shape index (κ1) is 12.6. The van der Waals surface area contributed by atoms with E-state index < -0.39 is 0 Å². The molecule has 0 amide bonds. The molecule has 1 heterocycles. The Morgan fingerprint density at radius 1 is 1.17 bits per heavy atom. The van der Waals surface area contributed by atoms with E-state index in [2.05, 4.69) is 11.0 Å². The Morgan fingerprint density at radius 2 is 2.00 bits per heavy atom. The predicted octanol–water partition coefficient (Wildman–Crippen LogP) is 4.85. The number of hydrogen-bond acceptors (Lipinski definition) is 1. The highest BCUT2D eigenvalue weighted by Crippen LogP contribution is 2.42. The molecule has 1 saturated carbocycles. The van der Waals surface area contributed by atoms with Crippen LogP contribution in [0.1, 0.15) is 37.7 Å². The van der Waals surface area contributed by atoms with Crippen LogP contribution in [0.3, 0.4) is 0 Å². The average molecular weight is 284 g/mol. The lowest BCUT2D eigenvalue weighted by atomic mass is 9.91. The number of alkyl halides is 1. The molecule has 1 nitrogen and oxygen atoms in total. The minimum absolute atomic E-state index is 0.545. The first-order chi connectivity index (χ1) is 8.81. The van der Waals surface area contributed by atoms with Crippen LogP contribution in [0.2, 0.25) is 5.02 Å². The van der Waals surface area contributed by atoms with Gasteiger partial charge in [-0.25, -0.2) is 0 Å². The Balaban J connectivity index is 1.98. The van der Waals surface area contributed by atoms with Gasteiger partial charge < -0.3 is 4.90 Å². The average Bonchev–Trinajstić information content (AvgIpc) is 2.86. The molecule has 2 aliphatic rings. The first-order valence-corrected chi connectivity index (χ1v) is 7.82. The molecule has 0 spiro atoms. The molecular weight excluding hydrogens is 265 g/mol. The van der Waals surface area contributed by atoms with Crippen molar-refractivity contribution < 1.29 is 0 Å². The Morgan fingerprint density at radius 3 is 2.83 bits per heavy atom. The fourth-order valence-corrected chi connectivity index (χ4v) is 4.24. The Labute approximate surface area is 119 Å². The van der Waals surface area contributed by atoms with Gasteiger partial charge in [-0.1, -0.05) is 30.2 Å². The molecule has 1 aliphatic heterocycles. The van der Waals surface area contributed by atoms with Crippen LogP contribution in [0, 0.1) is 5.92 Å². The summed E-state index contributed by atoms with van der Waals surface area (Å²) in [7, 11) is 0. The summed E-state index contributed by atoms with van der Waals surface area (Å²) >= 11 is 12.5. The molecule has 3 heteroatoms. The zero-order valence-corrected chi connectivity index (χ0v) is 12.1. The molecule has 2 unspecified atom stereocenters. The predicted molar refractivity (Wildman–Crippen MR) is 78.7 cm³/mol. The number of para-hydroxylation sites is 1. The van der Waals surface area contributed by atoms with Crippen molar-refractivity contribution in [3.8, 4) is 0 Å². The number of piperidine rings is 1. The summed E-state index contributed by atoms with van der Waals surface area (Å²) in [6.07, 6.45) is 6.75. The standard InChI is InChI=1S/C15H19Cl2N/c16-10-12-5-1-7-13(17)15(12)18-9-3-6-11-4-2-8-14(11)18/h1,5,7,11,14H,2-4,6,8-10H2. The van der Waals surface area contributed by atoms with Gasteiger partial charge in [0.05, 0.1) is 10.7 Å². The molecule has 0 radical (unpaired) electrons. The van der Waals surface area contributed by atoms with Crippen LogP contribution in [-0.4, -0.2) is 12.6 Å². The van der Waals surface area contributed by atoms with Gasteiger partial charge in [-0.3, -0.25) is 0 Å². The van der Waals surface area contributed by atoms with Crippen LogP contribution >= 0.6 is 23.2 Å². The summed E-state index contributed by atoms with van der Waals surface area (Å²) in [6, 6.07) is 6.79. The maximum Gasteiger partial charge on any atom is 0.0642 e. The van der Waals surface area contributed by atoms with E-state index in [0.717, 1.165) is 17.5 Å². The normalized spacial score (nSPS) is 27.3. The fourth-order valence-electron chi connectivity index (χ4n) is 3.72. The molecule has 0 N–H and O–H groups in total. The van der Waals surface area contributed by atoms with Crippen LogP contribution in [0.15, 0.2) is 18.2 Å². The van der Waals surface area contributed by atoms with Crippen molar-refractivity contribution in [1.29, 1.82) is 0 Å². The van der Waals surface area contributed by atoms with E-state index in [-0.39, 0.29) is 0 Å². The zero-order chi connectivity index (χ0) is 12.5. The number of rotatable bonds is 2. The third kappa shape index (κ3) is 2.12. The summed E-state index contributed by atoms with van der Waals surface area (Å²) < 4.78 is 0. The van der Waals surface area contributed by atoms with Crippen molar-refractivity contribution in [2.24, 2.45) is 5.92 Å². The number of anilines is 1. The van der Waals surface area contributed by atoms with Gasteiger partial charge >= 0.3 is 0 Å². The zero-order valence-electron chi connectivity index (χ0n) is 10.5. The van der Waals surface area contributed by atoms with E-state index >= 15 is 0 Å².